The first-order valence-electron chi connectivity index (χ1n) is 12.6. The zero-order chi connectivity index (χ0) is 22.4. The predicted octanol–water partition coefficient (Wildman–Crippen LogP) is 6.09. The highest BCUT2D eigenvalue weighted by molar-refractivity contribution is 5.75. The fourth-order valence-electron chi connectivity index (χ4n) is 8.04. The maximum absolute atomic E-state index is 12.5. The number of esters is 1. The van der Waals surface area contributed by atoms with Crippen LogP contribution in [0.4, 0.5) is 0 Å². The highest BCUT2D eigenvalue weighted by atomic mass is 16.5. The number of carbonyl (C=O) groups excluding carboxylic acids is 2. The Morgan fingerprint density at radius 2 is 1.97 bits per heavy atom. The van der Waals surface area contributed by atoms with E-state index < -0.39 is 5.41 Å². The van der Waals surface area contributed by atoms with Crippen molar-refractivity contribution >= 4 is 12.4 Å². The summed E-state index contributed by atoms with van der Waals surface area (Å²) in [6.07, 6.45) is 13.4. The molecule has 0 radical (unpaired) electrons. The lowest BCUT2D eigenvalue weighted by molar-refractivity contribution is -0.164. The minimum absolute atomic E-state index is 0.0691. The van der Waals surface area contributed by atoms with Gasteiger partial charge in [-0.2, -0.15) is 0 Å². The van der Waals surface area contributed by atoms with E-state index in [1.807, 2.05) is 20.8 Å². The van der Waals surface area contributed by atoms with Gasteiger partial charge in [0.15, 0.2) is 0 Å². The molecule has 3 fully saturated rings. The Kier molecular flexibility index (Phi) is 6.07. The smallest absolute Gasteiger partial charge is 0.311 e. The van der Waals surface area contributed by atoms with Crippen LogP contribution in [0.2, 0.25) is 0 Å². The van der Waals surface area contributed by atoms with Gasteiger partial charge in [0.2, 0.25) is 0 Å². The monoisotopic (exact) mass is 430 g/mol. The number of allylic oxidation sites excluding steroid dienone is 2. The van der Waals surface area contributed by atoms with Crippen LogP contribution in [0.15, 0.2) is 11.6 Å². The molecule has 0 aromatic rings. The summed E-state index contributed by atoms with van der Waals surface area (Å²) in [5.41, 5.74) is 1.45. The zero-order valence-electron chi connectivity index (χ0n) is 20.2. The van der Waals surface area contributed by atoms with Gasteiger partial charge in [-0.25, -0.2) is 0 Å². The van der Waals surface area contributed by atoms with Crippen molar-refractivity contribution in [2.24, 2.45) is 39.9 Å². The van der Waals surface area contributed by atoms with Gasteiger partial charge in [0.05, 0.1) is 12.0 Å². The van der Waals surface area contributed by atoms with Gasteiger partial charge in [-0.1, -0.05) is 31.4 Å². The fourth-order valence-corrected chi connectivity index (χ4v) is 8.04. The highest BCUT2D eigenvalue weighted by Crippen LogP contribution is 2.66. The Morgan fingerprint density at radius 1 is 1.19 bits per heavy atom. The molecule has 4 aliphatic rings. The molecule has 0 spiro atoms. The first kappa shape index (κ1) is 22.9. The van der Waals surface area contributed by atoms with Crippen molar-refractivity contribution in [3.05, 3.63) is 11.6 Å². The third-order valence-corrected chi connectivity index (χ3v) is 9.64. The van der Waals surface area contributed by atoms with E-state index in [0.29, 0.717) is 36.8 Å². The molecule has 0 aromatic carbocycles. The molecule has 4 heteroatoms. The van der Waals surface area contributed by atoms with Gasteiger partial charge >= 0.3 is 5.97 Å². The Balaban J connectivity index is 1.55. The minimum atomic E-state index is -0.466. The Bertz CT molecular complexity index is 734. The summed E-state index contributed by atoms with van der Waals surface area (Å²) in [5, 5.41) is 0. The second-order valence-electron chi connectivity index (χ2n) is 12.2. The Hall–Kier alpha value is -1.32. The number of hydrogen-bond donors (Lipinski definition) is 0. The summed E-state index contributed by atoms with van der Waals surface area (Å²) >= 11 is 0. The second-order valence-corrected chi connectivity index (χ2v) is 12.2. The van der Waals surface area contributed by atoms with Crippen LogP contribution in [0.5, 0.6) is 0 Å². The van der Waals surface area contributed by atoms with E-state index in [9.17, 15) is 9.59 Å². The molecule has 4 aliphatic carbocycles. The molecule has 0 saturated heterocycles. The van der Waals surface area contributed by atoms with Crippen molar-refractivity contribution in [2.75, 3.05) is 6.61 Å². The van der Waals surface area contributed by atoms with Crippen LogP contribution in [0, 0.1) is 39.9 Å². The number of ether oxygens (including phenoxy) is 2. The lowest BCUT2D eigenvalue weighted by Gasteiger charge is -2.60. The predicted molar refractivity (Wildman–Crippen MR) is 121 cm³/mol. The van der Waals surface area contributed by atoms with Crippen LogP contribution in [0.1, 0.15) is 92.4 Å². The van der Waals surface area contributed by atoms with E-state index in [2.05, 4.69) is 19.9 Å². The quantitative estimate of drug-likeness (QED) is 0.301. The first-order chi connectivity index (χ1) is 14.6. The minimum Gasteiger partial charge on any atom is -0.467 e. The number of carbonyl (C=O) groups is 2. The molecule has 0 amide bonds. The van der Waals surface area contributed by atoms with Gasteiger partial charge in [0, 0.05) is 11.3 Å². The molecule has 0 bridgehead atoms. The van der Waals surface area contributed by atoms with Crippen LogP contribution in [-0.4, -0.2) is 25.2 Å². The van der Waals surface area contributed by atoms with Crippen LogP contribution in [0.3, 0.4) is 0 Å². The largest absolute Gasteiger partial charge is 0.467 e. The van der Waals surface area contributed by atoms with E-state index >= 15 is 0 Å². The SMILES string of the molecule is C[C@H](OC(=O)C(C)(C)C)[C@H]1CC=C2[C@@H]3CC[C@H]4CCCC[C@]4(COC=O)[C@H]3CC[C@@]21C. The van der Waals surface area contributed by atoms with Gasteiger partial charge in [-0.3, -0.25) is 9.59 Å². The third kappa shape index (κ3) is 3.76. The molecule has 3 saturated carbocycles. The number of fused-ring (bicyclic) bond motifs is 5. The fraction of sp³-hybridized carbons (Fsp3) is 0.852. The Morgan fingerprint density at radius 3 is 2.68 bits per heavy atom. The van der Waals surface area contributed by atoms with Gasteiger partial charge in [-0.05, 0) is 95.8 Å². The molecule has 4 nitrogen and oxygen atoms in total. The topological polar surface area (TPSA) is 52.6 Å². The van der Waals surface area contributed by atoms with Crippen molar-refractivity contribution in [1.29, 1.82) is 0 Å². The van der Waals surface area contributed by atoms with Crippen molar-refractivity contribution in [3.63, 3.8) is 0 Å². The molecule has 7 atom stereocenters. The molecular formula is C27H42O4. The lowest BCUT2D eigenvalue weighted by Crippen LogP contribution is -2.54. The third-order valence-electron chi connectivity index (χ3n) is 9.64. The normalized spacial score (nSPS) is 40.6. The van der Waals surface area contributed by atoms with Crippen LogP contribution in [-0.2, 0) is 19.1 Å². The maximum atomic E-state index is 12.5. The number of rotatable bonds is 5. The molecule has 0 N–H and O–H groups in total. The maximum Gasteiger partial charge on any atom is 0.311 e. The lowest BCUT2D eigenvalue weighted by atomic mass is 9.45. The summed E-state index contributed by atoms with van der Waals surface area (Å²) < 4.78 is 11.5. The molecule has 0 aromatic heterocycles. The van der Waals surface area contributed by atoms with Crippen LogP contribution in [0.25, 0.3) is 0 Å². The molecule has 0 heterocycles. The van der Waals surface area contributed by atoms with Crippen LogP contribution >= 0.6 is 0 Å². The van der Waals surface area contributed by atoms with E-state index in [1.165, 1.54) is 44.9 Å². The van der Waals surface area contributed by atoms with Crippen LogP contribution < -0.4 is 0 Å². The molecule has 31 heavy (non-hydrogen) atoms. The molecule has 0 unspecified atom stereocenters. The van der Waals surface area contributed by atoms with Gasteiger partial charge in [0.25, 0.3) is 6.47 Å². The van der Waals surface area contributed by atoms with Crippen molar-refractivity contribution in [3.8, 4) is 0 Å². The van der Waals surface area contributed by atoms with E-state index in [4.69, 9.17) is 9.47 Å². The number of hydrogen-bond acceptors (Lipinski definition) is 4. The summed E-state index contributed by atoms with van der Waals surface area (Å²) in [5.74, 6) is 2.19. The second kappa shape index (κ2) is 8.23. The van der Waals surface area contributed by atoms with Crippen molar-refractivity contribution in [2.45, 2.75) is 98.5 Å². The summed E-state index contributed by atoms with van der Waals surface area (Å²) in [6.45, 7) is 11.6. The van der Waals surface area contributed by atoms with E-state index in [-0.39, 0.29) is 22.9 Å². The van der Waals surface area contributed by atoms with Crippen molar-refractivity contribution < 1.29 is 19.1 Å². The highest BCUT2D eigenvalue weighted by Gasteiger charge is 2.59. The average Bonchev–Trinajstić information content (AvgIpc) is 3.08. The van der Waals surface area contributed by atoms with Gasteiger partial charge in [0.1, 0.15) is 6.10 Å². The average molecular weight is 431 g/mol. The summed E-state index contributed by atoms with van der Waals surface area (Å²) in [7, 11) is 0. The standard InChI is InChI=1S/C27H42O4/c1-18(31-24(29)25(2,3)4)21-11-12-22-20-10-9-19-8-6-7-14-27(19,16-30-17-28)23(20)13-15-26(21,22)5/h12,17-21,23H,6-11,13-16H2,1-5H3/t18-,19+,20-,21+,23-,26+,27+/m0/s1. The summed E-state index contributed by atoms with van der Waals surface area (Å²) in [4.78, 5) is 23.7. The van der Waals surface area contributed by atoms with Gasteiger partial charge in [-0.15, -0.1) is 0 Å². The van der Waals surface area contributed by atoms with Crippen molar-refractivity contribution in [1.82, 2.24) is 0 Å². The zero-order valence-corrected chi connectivity index (χ0v) is 20.2. The molecule has 174 valence electrons. The Labute approximate surface area is 188 Å². The van der Waals surface area contributed by atoms with E-state index in [0.717, 1.165) is 12.8 Å². The molecule has 4 rings (SSSR count). The molecule has 0 aliphatic heterocycles. The van der Waals surface area contributed by atoms with E-state index in [1.54, 1.807) is 5.57 Å². The first-order valence-corrected chi connectivity index (χ1v) is 12.6. The summed E-state index contributed by atoms with van der Waals surface area (Å²) in [6, 6.07) is 0. The molecular weight excluding hydrogens is 388 g/mol. The van der Waals surface area contributed by atoms with Gasteiger partial charge < -0.3 is 9.47 Å².